The Hall–Kier alpha value is -3.29. The molecule has 3 aromatic rings. The van der Waals surface area contributed by atoms with Gasteiger partial charge >= 0.3 is 19.4 Å². The molecular formula is C26H34FN4O9P. The lowest BCUT2D eigenvalue weighted by Crippen LogP contribution is -2.37. The molecule has 1 aliphatic heterocycles. The average molecular weight is 597 g/mol. The number of ether oxygens (including phenoxy) is 2. The second-order valence-electron chi connectivity index (χ2n) is 10.3. The molecule has 0 spiro atoms. The fraction of sp³-hybridized carbons (Fsp3) is 0.500. The summed E-state index contributed by atoms with van der Waals surface area (Å²) in [6.07, 6.45) is -2.48. The number of hydrogen-bond acceptors (Lipinski definition) is 9. The summed E-state index contributed by atoms with van der Waals surface area (Å²) in [7, 11) is -2.74. The van der Waals surface area contributed by atoms with E-state index < -0.39 is 73.9 Å². The normalized spacial score (nSPS) is 23.0. The van der Waals surface area contributed by atoms with Crippen molar-refractivity contribution in [1.29, 1.82) is 0 Å². The lowest BCUT2D eigenvalue weighted by Gasteiger charge is -2.25. The van der Waals surface area contributed by atoms with E-state index in [0.717, 1.165) is 16.3 Å². The number of esters is 1. The summed E-state index contributed by atoms with van der Waals surface area (Å²) < 4.78 is 54.5. The fourth-order valence-electron chi connectivity index (χ4n) is 4.55. The zero-order chi connectivity index (χ0) is 30.2. The van der Waals surface area contributed by atoms with Gasteiger partial charge in [-0.1, -0.05) is 6.92 Å². The summed E-state index contributed by atoms with van der Waals surface area (Å²) >= 11 is 0. The van der Waals surface area contributed by atoms with Gasteiger partial charge in [0.15, 0.2) is 11.6 Å². The van der Waals surface area contributed by atoms with Crippen LogP contribution in [0.15, 0.2) is 40.1 Å². The number of aryl methyl sites for hydroxylation is 2. The molecule has 0 saturated carbocycles. The van der Waals surface area contributed by atoms with Crippen LogP contribution in [0.25, 0.3) is 10.9 Å². The molecule has 224 valence electrons. The van der Waals surface area contributed by atoms with Crippen molar-refractivity contribution < 1.29 is 37.4 Å². The molecule has 2 aromatic heterocycles. The smallest absolute Gasteiger partial charge is 0.459 e. The van der Waals surface area contributed by atoms with E-state index in [1.165, 1.54) is 19.2 Å². The molecule has 15 heteroatoms. The van der Waals surface area contributed by atoms with Crippen LogP contribution in [0.2, 0.25) is 0 Å². The predicted octanol–water partition coefficient (Wildman–Crippen LogP) is 2.50. The van der Waals surface area contributed by atoms with E-state index in [1.54, 1.807) is 51.4 Å². The van der Waals surface area contributed by atoms with Crippen LogP contribution in [0, 0.1) is 18.7 Å². The van der Waals surface area contributed by atoms with Crippen LogP contribution < -0.4 is 20.9 Å². The Morgan fingerprint density at radius 3 is 2.63 bits per heavy atom. The summed E-state index contributed by atoms with van der Waals surface area (Å²) in [5, 5.41) is 13.5. The second kappa shape index (κ2) is 11.9. The third-order valence-corrected chi connectivity index (χ3v) is 8.49. The minimum atomic E-state index is -4.52. The largest absolute Gasteiger partial charge is 0.462 e. The van der Waals surface area contributed by atoms with E-state index in [-0.39, 0.29) is 11.1 Å². The first-order valence-corrected chi connectivity index (χ1v) is 14.6. The SMILES string of the molecule is Cc1cc2c(F)c(O[P@](=O)(N[C@@H](C)C(=O)OC(C)C)OC[C@H]3O[C@@H](n4ccc(=O)[nH]c4=O)[C@@H](C)[C@@H]3O)ccc2n1C. The Morgan fingerprint density at radius 1 is 1.27 bits per heavy atom. The lowest BCUT2D eigenvalue weighted by molar-refractivity contribution is -0.149. The van der Waals surface area contributed by atoms with Crippen molar-refractivity contribution in [3.05, 3.63) is 62.8 Å². The predicted molar refractivity (Wildman–Crippen MR) is 146 cm³/mol. The molecule has 0 amide bonds. The van der Waals surface area contributed by atoms with E-state index in [2.05, 4.69) is 10.1 Å². The minimum Gasteiger partial charge on any atom is -0.462 e. The Balaban J connectivity index is 1.59. The molecular weight excluding hydrogens is 562 g/mol. The number of halogens is 1. The lowest BCUT2D eigenvalue weighted by atomic mass is 10.0. The van der Waals surface area contributed by atoms with Gasteiger partial charge in [0, 0.05) is 36.3 Å². The molecule has 4 rings (SSSR count). The van der Waals surface area contributed by atoms with Gasteiger partial charge in [0.1, 0.15) is 18.4 Å². The molecule has 1 aromatic carbocycles. The van der Waals surface area contributed by atoms with E-state index in [1.807, 2.05) is 0 Å². The van der Waals surface area contributed by atoms with Crippen molar-refractivity contribution in [2.45, 2.75) is 65.2 Å². The third-order valence-electron chi connectivity index (χ3n) is 6.86. The molecule has 1 saturated heterocycles. The molecule has 41 heavy (non-hydrogen) atoms. The van der Waals surface area contributed by atoms with Gasteiger partial charge in [0.2, 0.25) is 0 Å². The Morgan fingerprint density at radius 2 is 1.98 bits per heavy atom. The maximum atomic E-state index is 15.5. The molecule has 13 nitrogen and oxygen atoms in total. The zero-order valence-electron chi connectivity index (χ0n) is 23.5. The van der Waals surface area contributed by atoms with Gasteiger partial charge < -0.3 is 23.7 Å². The zero-order valence-corrected chi connectivity index (χ0v) is 24.4. The van der Waals surface area contributed by atoms with Crippen molar-refractivity contribution in [3.63, 3.8) is 0 Å². The number of nitrogens with zero attached hydrogens (tertiary/aromatic N) is 2. The Bertz CT molecular complexity index is 1600. The van der Waals surface area contributed by atoms with Crippen molar-refractivity contribution in [2.24, 2.45) is 13.0 Å². The summed E-state index contributed by atoms with van der Waals surface area (Å²) in [6, 6.07) is 4.46. The molecule has 3 heterocycles. The van der Waals surface area contributed by atoms with Gasteiger partial charge in [-0.25, -0.2) is 13.8 Å². The standard InChI is InChI=1S/C26H34FN4O9P/c1-13(2)38-25(34)16(5)29-41(36,40-19-8-7-18-17(22(19)27)11-14(3)30(18)6)37-12-20-23(33)15(4)24(39-20)31-10-9-21(32)28-26(31)35/h7-11,13,15-16,20,23-24,33H,12H2,1-6H3,(H,29,36)(H,28,32,35)/t15-,16-,20+,23-,24+,41-/m0/s1. The number of aromatic nitrogens is 3. The number of aromatic amines is 1. The van der Waals surface area contributed by atoms with Crippen LogP contribution in [0.3, 0.4) is 0 Å². The highest BCUT2D eigenvalue weighted by Crippen LogP contribution is 2.48. The average Bonchev–Trinajstić information content (AvgIpc) is 3.34. The van der Waals surface area contributed by atoms with Gasteiger partial charge in [-0.3, -0.25) is 23.7 Å². The number of nitrogens with one attached hydrogen (secondary N) is 2. The van der Waals surface area contributed by atoms with E-state index in [4.69, 9.17) is 18.5 Å². The molecule has 0 radical (unpaired) electrons. The molecule has 0 bridgehead atoms. The molecule has 3 N–H and O–H groups in total. The van der Waals surface area contributed by atoms with Crippen LogP contribution in [0.1, 0.15) is 39.6 Å². The van der Waals surface area contributed by atoms with E-state index >= 15 is 4.39 Å². The monoisotopic (exact) mass is 596 g/mol. The van der Waals surface area contributed by atoms with Gasteiger partial charge in [-0.2, -0.15) is 5.09 Å². The van der Waals surface area contributed by atoms with Gasteiger partial charge in [0.25, 0.3) is 5.56 Å². The van der Waals surface area contributed by atoms with Gasteiger partial charge in [0.05, 0.1) is 24.3 Å². The highest BCUT2D eigenvalue weighted by atomic mass is 31.2. The number of carbonyl (C=O) groups is 1. The van der Waals surface area contributed by atoms with E-state index in [0.29, 0.717) is 5.52 Å². The Labute approximate surface area is 234 Å². The first-order valence-electron chi connectivity index (χ1n) is 13.0. The highest BCUT2D eigenvalue weighted by Gasteiger charge is 2.44. The number of carbonyl (C=O) groups excluding carboxylic acids is 1. The quantitative estimate of drug-likeness (QED) is 0.234. The molecule has 6 atom stereocenters. The molecule has 1 aliphatic rings. The number of hydrogen-bond donors (Lipinski definition) is 3. The first-order chi connectivity index (χ1) is 19.2. The maximum absolute atomic E-state index is 15.5. The maximum Gasteiger partial charge on any atom is 0.459 e. The van der Waals surface area contributed by atoms with Crippen LogP contribution in [0.4, 0.5) is 4.39 Å². The summed E-state index contributed by atoms with van der Waals surface area (Å²) in [6.45, 7) is 7.58. The molecule has 1 fully saturated rings. The van der Waals surface area contributed by atoms with Crippen LogP contribution in [-0.4, -0.2) is 56.2 Å². The topological polar surface area (TPSA) is 163 Å². The van der Waals surface area contributed by atoms with Crippen molar-refractivity contribution in [3.8, 4) is 5.75 Å². The fourth-order valence-corrected chi connectivity index (χ4v) is 6.05. The van der Waals surface area contributed by atoms with Gasteiger partial charge in [-0.05, 0) is 45.9 Å². The number of aliphatic hydroxyl groups is 1. The van der Waals surface area contributed by atoms with Crippen LogP contribution >= 0.6 is 7.75 Å². The van der Waals surface area contributed by atoms with Crippen molar-refractivity contribution in [1.82, 2.24) is 19.2 Å². The van der Waals surface area contributed by atoms with E-state index in [9.17, 15) is 24.1 Å². The van der Waals surface area contributed by atoms with Crippen LogP contribution in [-0.2, 0) is 30.4 Å². The number of fused-ring (bicyclic) bond motifs is 1. The summed E-state index contributed by atoms with van der Waals surface area (Å²) in [5.41, 5.74) is 0.0437. The number of rotatable bonds is 10. The first kappa shape index (κ1) is 30.7. The third kappa shape index (κ3) is 6.47. The van der Waals surface area contributed by atoms with Crippen molar-refractivity contribution in [2.75, 3.05) is 6.61 Å². The highest BCUT2D eigenvalue weighted by molar-refractivity contribution is 7.52. The molecule has 0 unspecified atom stereocenters. The second-order valence-corrected chi connectivity index (χ2v) is 12.0. The number of aliphatic hydroxyl groups excluding tert-OH is 1. The van der Waals surface area contributed by atoms with Crippen LogP contribution in [0.5, 0.6) is 5.75 Å². The Kier molecular flexibility index (Phi) is 8.90. The van der Waals surface area contributed by atoms with Crippen molar-refractivity contribution >= 4 is 24.6 Å². The minimum absolute atomic E-state index is 0.235. The van der Waals surface area contributed by atoms with Gasteiger partial charge in [-0.15, -0.1) is 0 Å². The number of H-pyrrole nitrogens is 1. The number of benzene rings is 1. The summed E-state index contributed by atoms with van der Waals surface area (Å²) in [4.78, 5) is 38.3. The summed E-state index contributed by atoms with van der Waals surface area (Å²) in [5.74, 6) is -2.55. The molecule has 0 aliphatic carbocycles.